The van der Waals surface area contributed by atoms with Crippen molar-refractivity contribution in [1.29, 1.82) is 0 Å². The minimum absolute atomic E-state index is 0.133. The van der Waals surface area contributed by atoms with Gasteiger partial charge in [-0.15, -0.1) is 6.58 Å². The molecule has 80 valence electrons. The van der Waals surface area contributed by atoms with E-state index in [1.54, 1.807) is 6.08 Å². The van der Waals surface area contributed by atoms with Gasteiger partial charge in [-0.25, -0.2) is 4.79 Å². The maximum Gasteiger partial charge on any atom is 0.337 e. The Labute approximate surface area is 87.5 Å². The van der Waals surface area contributed by atoms with Crippen LogP contribution in [-0.2, 0) is 6.54 Å². The van der Waals surface area contributed by atoms with E-state index in [-0.39, 0.29) is 11.1 Å². The number of carboxylic acids is 1. The van der Waals surface area contributed by atoms with Gasteiger partial charge in [-0.3, -0.25) is 4.79 Å². The van der Waals surface area contributed by atoms with Crippen LogP contribution in [0.5, 0.6) is 0 Å². The maximum absolute atomic E-state index is 11.3. The molecule has 0 unspecified atom stereocenters. The molecular formula is C11H13NO3. The van der Waals surface area contributed by atoms with E-state index < -0.39 is 5.97 Å². The molecule has 1 aromatic rings. The Bertz CT molecular complexity index is 420. The van der Waals surface area contributed by atoms with E-state index >= 15 is 0 Å². The first-order valence-corrected chi connectivity index (χ1v) is 4.70. The largest absolute Gasteiger partial charge is 0.478 e. The van der Waals surface area contributed by atoms with Gasteiger partial charge < -0.3 is 9.67 Å². The lowest BCUT2D eigenvalue weighted by Crippen LogP contribution is -2.20. The average molecular weight is 207 g/mol. The van der Waals surface area contributed by atoms with Crippen molar-refractivity contribution in [3.8, 4) is 0 Å². The van der Waals surface area contributed by atoms with Gasteiger partial charge in [-0.05, 0) is 18.9 Å². The van der Waals surface area contributed by atoms with Gasteiger partial charge in [-0.1, -0.05) is 6.08 Å². The fourth-order valence-corrected chi connectivity index (χ4v) is 1.24. The van der Waals surface area contributed by atoms with Crippen LogP contribution in [0.15, 0.2) is 35.8 Å². The second-order valence-corrected chi connectivity index (χ2v) is 3.19. The molecule has 0 atom stereocenters. The number of hydrogen-bond donors (Lipinski definition) is 1. The third kappa shape index (κ3) is 3.09. The zero-order valence-corrected chi connectivity index (χ0v) is 8.35. The van der Waals surface area contributed by atoms with Gasteiger partial charge in [0.2, 0.25) is 0 Å². The van der Waals surface area contributed by atoms with E-state index in [1.165, 1.54) is 22.9 Å². The summed E-state index contributed by atoms with van der Waals surface area (Å²) in [5.41, 5.74) is -0.0442. The molecule has 0 aliphatic heterocycles. The Kier molecular flexibility index (Phi) is 3.85. The molecule has 1 rings (SSSR count). The number of hydrogen-bond acceptors (Lipinski definition) is 2. The second kappa shape index (κ2) is 5.14. The number of unbranched alkanes of at least 4 members (excludes halogenated alkanes) is 1. The highest BCUT2D eigenvalue weighted by atomic mass is 16.4. The van der Waals surface area contributed by atoms with Crippen molar-refractivity contribution in [2.75, 3.05) is 0 Å². The molecule has 0 bridgehead atoms. The van der Waals surface area contributed by atoms with E-state index in [0.29, 0.717) is 6.54 Å². The lowest BCUT2D eigenvalue weighted by Gasteiger charge is -2.04. The summed E-state index contributed by atoms with van der Waals surface area (Å²) >= 11 is 0. The van der Waals surface area contributed by atoms with Gasteiger partial charge >= 0.3 is 5.97 Å². The van der Waals surface area contributed by atoms with Crippen LogP contribution < -0.4 is 5.56 Å². The third-order valence-electron chi connectivity index (χ3n) is 2.04. The molecule has 1 heterocycles. The number of carboxylic acid groups (broad SMARTS) is 1. The quantitative estimate of drug-likeness (QED) is 0.588. The molecule has 0 amide bonds. The molecule has 0 aliphatic carbocycles. The predicted octanol–water partition coefficient (Wildman–Crippen LogP) is 1.51. The van der Waals surface area contributed by atoms with Crippen LogP contribution in [0, 0.1) is 0 Å². The highest BCUT2D eigenvalue weighted by Gasteiger charge is 2.04. The molecule has 0 aliphatic rings. The van der Waals surface area contributed by atoms with Gasteiger partial charge in [-0.2, -0.15) is 0 Å². The number of nitrogens with zero attached hydrogens (tertiary/aromatic N) is 1. The summed E-state index contributed by atoms with van der Waals surface area (Å²) in [5, 5.41) is 8.74. The Morgan fingerprint density at radius 1 is 1.53 bits per heavy atom. The van der Waals surface area contributed by atoms with Crippen LogP contribution >= 0.6 is 0 Å². The van der Waals surface area contributed by atoms with Crippen LogP contribution in [0.1, 0.15) is 23.2 Å². The zero-order chi connectivity index (χ0) is 11.3. The lowest BCUT2D eigenvalue weighted by molar-refractivity contribution is 0.0696. The first-order valence-electron chi connectivity index (χ1n) is 4.70. The highest BCUT2D eigenvalue weighted by Crippen LogP contribution is 1.98. The number of carbonyl (C=O) groups is 1. The van der Waals surface area contributed by atoms with E-state index in [9.17, 15) is 9.59 Å². The molecule has 0 spiro atoms. The number of aromatic carboxylic acids is 1. The van der Waals surface area contributed by atoms with Crippen LogP contribution in [0.2, 0.25) is 0 Å². The molecule has 1 N–H and O–H groups in total. The Morgan fingerprint density at radius 2 is 2.27 bits per heavy atom. The molecule has 0 aromatic carbocycles. The molecule has 4 heteroatoms. The highest BCUT2D eigenvalue weighted by molar-refractivity contribution is 5.87. The van der Waals surface area contributed by atoms with Gasteiger partial charge in [0.05, 0.1) is 5.56 Å². The summed E-state index contributed by atoms with van der Waals surface area (Å²) < 4.78 is 1.41. The van der Waals surface area contributed by atoms with Crippen LogP contribution in [0.4, 0.5) is 0 Å². The van der Waals surface area contributed by atoms with Crippen molar-refractivity contribution >= 4 is 5.97 Å². The SMILES string of the molecule is C=CCCCn1cc(C(=O)O)ccc1=O. The Hall–Kier alpha value is -1.84. The zero-order valence-electron chi connectivity index (χ0n) is 8.35. The topological polar surface area (TPSA) is 59.3 Å². The minimum Gasteiger partial charge on any atom is -0.478 e. The lowest BCUT2D eigenvalue weighted by atomic mass is 10.2. The van der Waals surface area contributed by atoms with Crippen molar-refractivity contribution in [3.05, 3.63) is 46.9 Å². The normalized spacial score (nSPS) is 9.87. The standard InChI is InChI=1S/C11H13NO3/c1-2-3-4-7-12-8-9(11(14)15)5-6-10(12)13/h2,5-6,8H,1,3-4,7H2,(H,14,15). The number of aryl methyl sites for hydroxylation is 1. The summed E-state index contributed by atoms with van der Waals surface area (Å²) in [6, 6.07) is 2.59. The van der Waals surface area contributed by atoms with Gasteiger partial charge in [0, 0.05) is 18.8 Å². The maximum atomic E-state index is 11.3. The van der Waals surface area contributed by atoms with Crippen molar-refractivity contribution in [2.45, 2.75) is 19.4 Å². The number of pyridine rings is 1. The van der Waals surface area contributed by atoms with Gasteiger partial charge in [0.15, 0.2) is 0 Å². The first kappa shape index (κ1) is 11.2. The molecule has 0 radical (unpaired) electrons. The molecular weight excluding hydrogens is 194 g/mol. The van der Waals surface area contributed by atoms with E-state index in [1.807, 2.05) is 0 Å². The number of rotatable bonds is 5. The number of aromatic nitrogens is 1. The van der Waals surface area contributed by atoms with Crippen molar-refractivity contribution in [1.82, 2.24) is 4.57 Å². The van der Waals surface area contributed by atoms with Crippen LogP contribution in [0.25, 0.3) is 0 Å². The van der Waals surface area contributed by atoms with Gasteiger partial charge in [0.25, 0.3) is 5.56 Å². The summed E-state index contributed by atoms with van der Waals surface area (Å²) in [5.74, 6) is -1.02. The molecule has 15 heavy (non-hydrogen) atoms. The molecule has 4 nitrogen and oxygen atoms in total. The smallest absolute Gasteiger partial charge is 0.337 e. The number of allylic oxidation sites excluding steroid dienone is 1. The van der Waals surface area contributed by atoms with Crippen LogP contribution in [-0.4, -0.2) is 15.6 Å². The Morgan fingerprint density at radius 3 is 2.87 bits per heavy atom. The van der Waals surface area contributed by atoms with Crippen molar-refractivity contribution < 1.29 is 9.90 Å². The predicted molar refractivity (Wildman–Crippen MR) is 57.1 cm³/mol. The Balaban J connectivity index is 2.85. The fourth-order valence-electron chi connectivity index (χ4n) is 1.24. The fraction of sp³-hybridized carbons (Fsp3) is 0.273. The molecule has 0 saturated heterocycles. The van der Waals surface area contributed by atoms with E-state index in [2.05, 4.69) is 6.58 Å². The van der Waals surface area contributed by atoms with Crippen molar-refractivity contribution in [2.24, 2.45) is 0 Å². The summed E-state index contributed by atoms with van der Waals surface area (Å²) in [7, 11) is 0. The molecule has 1 aromatic heterocycles. The minimum atomic E-state index is -1.02. The summed E-state index contributed by atoms with van der Waals surface area (Å²) in [4.78, 5) is 22.0. The molecule has 0 saturated carbocycles. The first-order chi connectivity index (χ1) is 7.15. The average Bonchev–Trinajstić information content (AvgIpc) is 2.20. The van der Waals surface area contributed by atoms with Crippen LogP contribution in [0.3, 0.4) is 0 Å². The third-order valence-corrected chi connectivity index (χ3v) is 2.04. The summed E-state index contributed by atoms with van der Waals surface area (Å²) in [6.07, 6.45) is 4.73. The molecule has 0 fully saturated rings. The van der Waals surface area contributed by atoms with E-state index in [4.69, 9.17) is 5.11 Å². The van der Waals surface area contributed by atoms with Crippen molar-refractivity contribution in [3.63, 3.8) is 0 Å². The van der Waals surface area contributed by atoms with E-state index in [0.717, 1.165) is 12.8 Å². The second-order valence-electron chi connectivity index (χ2n) is 3.19. The monoisotopic (exact) mass is 207 g/mol. The van der Waals surface area contributed by atoms with Gasteiger partial charge in [0.1, 0.15) is 0 Å². The summed E-state index contributed by atoms with van der Waals surface area (Å²) in [6.45, 7) is 4.10.